The van der Waals surface area contributed by atoms with Crippen LogP contribution in [0.15, 0.2) is 18.2 Å². The number of nitrogens with two attached hydrogens (primary N) is 1. The Morgan fingerprint density at radius 1 is 1.53 bits per heavy atom. The second-order valence-electron chi connectivity index (χ2n) is 3.60. The van der Waals surface area contributed by atoms with Gasteiger partial charge in [-0.15, -0.1) is 0 Å². The van der Waals surface area contributed by atoms with Crippen molar-refractivity contribution in [2.75, 3.05) is 12.3 Å². The summed E-state index contributed by atoms with van der Waals surface area (Å²) in [5.41, 5.74) is 6.14. The van der Waals surface area contributed by atoms with Gasteiger partial charge in [0.2, 0.25) is 0 Å². The highest BCUT2D eigenvalue weighted by Crippen LogP contribution is 2.21. The Balaban J connectivity index is 2.27. The van der Waals surface area contributed by atoms with E-state index in [1.165, 1.54) is 18.2 Å². The Labute approximate surface area is 87.0 Å². The lowest BCUT2D eigenvalue weighted by molar-refractivity contribution is 0.0643. The molecule has 15 heavy (non-hydrogen) atoms. The number of carbonyl (C=O) groups excluding carboxylic acids is 1. The van der Waals surface area contributed by atoms with Gasteiger partial charge in [-0.05, 0) is 31.0 Å². The first-order valence-corrected chi connectivity index (χ1v) is 4.89. The SMILES string of the molecule is Nc1ccc(F)cc1C(=O)C1CCCO1. The van der Waals surface area contributed by atoms with Crippen molar-refractivity contribution in [1.82, 2.24) is 0 Å². The molecule has 0 saturated carbocycles. The van der Waals surface area contributed by atoms with Crippen molar-refractivity contribution in [3.05, 3.63) is 29.6 Å². The van der Waals surface area contributed by atoms with Gasteiger partial charge in [-0.1, -0.05) is 0 Å². The number of Topliss-reactive ketones (excluding diaryl/α,β-unsaturated/α-hetero) is 1. The molecule has 3 nitrogen and oxygen atoms in total. The summed E-state index contributed by atoms with van der Waals surface area (Å²) in [6.07, 6.45) is 1.11. The molecule has 1 aliphatic heterocycles. The summed E-state index contributed by atoms with van der Waals surface area (Å²) in [6, 6.07) is 3.80. The van der Waals surface area contributed by atoms with Crippen molar-refractivity contribution < 1.29 is 13.9 Å². The van der Waals surface area contributed by atoms with Crippen LogP contribution >= 0.6 is 0 Å². The third-order valence-corrected chi connectivity index (χ3v) is 2.50. The molecule has 80 valence electrons. The van der Waals surface area contributed by atoms with Crippen LogP contribution in [0.5, 0.6) is 0 Å². The molecule has 1 aromatic carbocycles. The standard InChI is InChI=1S/C11H12FNO2/c12-7-3-4-9(13)8(6-7)11(14)10-2-1-5-15-10/h3-4,6,10H,1-2,5,13H2. The molecule has 2 N–H and O–H groups in total. The van der Waals surface area contributed by atoms with E-state index in [4.69, 9.17) is 10.5 Å². The van der Waals surface area contributed by atoms with E-state index in [1.54, 1.807) is 0 Å². The molecule has 2 rings (SSSR count). The average molecular weight is 209 g/mol. The van der Waals surface area contributed by atoms with Crippen LogP contribution in [0.4, 0.5) is 10.1 Å². The fourth-order valence-electron chi connectivity index (χ4n) is 1.70. The van der Waals surface area contributed by atoms with Gasteiger partial charge in [-0.2, -0.15) is 0 Å². The minimum Gasteiger partial charge on any atom is -0.398 e. The Morgan fingerprint density at radius 3 is 3.00 bits per heavy atom. The lowest BCUT2D eigenvalue weighted by Gasteiger charge is -2.10. The zero-order chi connectivity index (χ0) is 10.8. The van der Waals surface area contributed by atoms with E-state index in [1.807, 2.05) is 0 Å². The zero-order valence-electron chi connectivity index (χ0n) is 8.20. The Hall–Kier alpha value is -1.42. The summed E-state index contributed by atoms with van der Waals surface area (Å²) in [5.74, 6) is -0.671. The van der Waals surface area contributed by atoms with Gasteiger partial charge in [0, 0.05) is 17.9 Å². The van der Waals surface area contributed by atoms with Gasteiger partial charge in [-0.3, -0.25) is 4.79 Å². The molecule has 0 spiro atoms. The van der Waals surface area contributed by atoms with Gasteiger partial charge in [-0.25, -0.2) is 4.39 Å². The fraction of sp³-hybridized carbons (Fsp3) is 0.364. The number of anilines is 1. The first kappa shape index (κ1) is 10.1. The van der Waals surface area contributed by atoms with Crippen molar-refractivity contribution in [3.63, 3.8) is 0 Å². The van der Waals surface area contributed by atoms with Crippen LogP contribution in [0.3, 0.4) is 0 Å². The molecule has 1 aromatic rings. The predicted octanol–water partition coefficient (Wildman–Crippen LogP) is 1.77. The fourth-order valence-corrected chi connectivity index (χ4v) is 1.70. The van der Waals surface area contributed by atoms with Crippen molar-refractivity contribution in [2.24, 2.45) is 0 Å². The van der Waals surface area contributed by atoms with E-state index >= 15 is 0 Å². The van der Waals surface area contributed by atoms with E-state index in [0.29, 0.717) is 18.7 Å². The molecule has 1 fully saturated rings. The first-order valence-electron chi connectivity index (χ1n) is 4.89. The number of hydrogen-bond acceptors (Lipinski definition) is 3. The summed E-state index contributed by atoms with van der Waals surface area (Å²) >= 11 is 0. The summed E-state index contributed by atoms with van der Waals surface area (Å²) in [6.45, 7) is 0.589. The Bertz CT molecular complexity index is 386. The number of carbonyl (C=O) groups is 1. The highest BCUT2D eigenvalue weighted by molar-refractivity contribution is 6.03. The van der Waals surface area contributed by atoms with Crippen LogP contribution in [0.25, 0.3) is 0 Å². The lowest BCUT2D eigenvalue weighted by atomic mass is 10.0. The van der Waals surface area contributed by atoms with Gasteiger partial charge < -0.3 is 10.5 Å². The number of ether oxygens (including phenoxy) is 1. The summed E-state index contributed by atoms with van der Waals surface area (Å²) in [5, 5.41) is 0. The van der Waals surface area contributed by atoms with E-state index in [9.17, 15) is 9.18 Å². The second kappa shape index (κ2) is 3.98. The molecule has 0 radical (unpaired) electrons. The summed E-state index contributed by atoms with van der Waals surface area (Å²) in [7, 11) is 0. The highest BCUT2D eigenvalue weighted by Gasteiger charge is 2.26. The molecule has 0 amide bonds. The number of ketones is 1. The number of hydrogen-bond donors (Lipinski definition) is 1. The van der Waals surface area contributed by atoms with E-state index in [2.05, 4.69) is 0 Å². The van der Waals surface area contributed by atoms with Crippen LogP contribution in [0, 0.1) is 5.82 Å². The molecular weight excluding hydrogens is 197 g/mol. The molecule has 1 saturated heterocycles. The third kappa shape index (κ3) is 1.99. The number of benzene rings is 1. The largest absolute Gasteiger partial charge is 0.398 e. The van der Waals surface area contributed by atoms with Crippen LogP contribution in [0.2, 0.25) is 0 Å². The minimum atomic E-state index is -0.453. The van der Waals surface area contributed by atoms with Gasteiger partial charge in [0.25, 0.3) is 0 Å². The molecule has 1 aliphatic rings. The molecule has 4 heteroatoms. The molecule has 0 aliphatic carbocycles. The monoisotopic (exact) mass is 209 g/mol. The Kier molecular flexibility index (Phi) is 2.68. The molecule has 1 unspecified atom stereocenters. The van der Waals surface area contributed by atoms with Gasteiger partial charge in [0.1, 0.15) is 11.9 Å². The van der Waals surface area contributed by atoms with Crippen LogP contribution in [-0.4, -0.2) is 18.5 Å². The molecule has 1 heterocycles. The van der Waals surface area contributed by atoms with Gasteiger partial charge in [0.15, 0.2) is 5.78 Å². The van der Waals surface area contributed by atoms with Crippen LogP contribution in [-0.2, 0) is 4.74 Å². The smallest absolute Gasteiger partial charge is 0.193 e. The highest BCUT2D eigenvalue weighted by atomic mass is 19.1. The predicted molar refractivity (Wildman–Crippen MR) is 54.1 cm³/mol. The normalized spacial score (nSPS) is 20.5. The van der Waals surface area contributed by atoms with Crippen LogP contribution in [0.1, 0.15) is 23.2 Å². The van der Waals surface area contributed by atoms with Crippen molar-refractivity contribution >= 4 is 11.5 Å². The second-order valence-corrected chi connectivity index (χ2v) is 3.60. The third-order valence-electron chi connectivity index (χ3n) is 2.50. The van der Waals surface area contributed by atoms with E-state index in [-0.39, 0.29) is 11.3 Å². The van der Waals surface area contributed by atoms with E-state index < -0.39 is 11.9 Å². The van der Waals surface area contributed by atoms with Crippen molar-refractivity contribution in [2.45, 2.75) is 18.9 Å². The van der Waals surface area contributed by atoms with Gasteiger partial charge in [0.05, 0.1) is 0 Å². The number of halogens is 1. The maximum absolute atomic E-state index is 12.9. The molecule has 0 bridgehead atoms. The van der Waals surface area contributed by atoms with Crippen LogP contribution < -0.4 is 5.73 Å². The molecular formula is C11H12FNO2. The molecule has 0 aromatic heterocycles. The Morgan fingerprint density at radius 2 is 2.33 bits per heavy atom. The topological polar surface area (TPSA) is 52.3 Å². The van der Waals surface area contributed by atoms with Crippen molar-refractivity contribution in [1.29, 1.82) is 0 Å². The quantitative estimate of drug-likeness (QED) is 0.596. The number of rotatable bonds is 2. The summed E-state index contributed by atoms with van der Waals surface area (Å²) in [4.78, 5) is 11.8. The van der Waals surface area contributed by atoms with Crippen molar-refractivity contribution in [3.8, 4) is 0 Å². The lowest BCUT2D eigenvalue weighted by Crippen LogP contribution is -2.20. The van der Waals surface area contributed by atoms with E-state index in [0.717, 1.165) is 6.42 Å². The maximum Gasteiger partial charge on any atom is 0.193 e. The first-order chi connectivity index (χ1) is 7.18. The zero-order valence-corrected chi connectivity index (χ0v) is 8.20. The minimum absolute atomic E-state index is 0.218. The maximum atomic E-state index is 12.9. The average Bonchev–Trinajstić information content (AvgIpc) is 2.74. The summed E-state index contributed by atoms with van der Waals surface area (Å²) < 4.78 is 18.2. The van der Waals surface area contributed by atoms with Gasteiger partial charge >= 0.3 is 0 Å². The number of nitrogen functional groups attached to an aromatic ring is 1. The molecule has 1 atom stereocenters.